The van der Waals surface area contributed by atoms with E-state index in [-0.39, 0.29) is 41.0 Å². The summed E-state index contributed by atoms with van der Waals surface area (Å²) in [5.74, 6) is -1.63. The Morgan fingerprint density at radius 3 is 2.46 bits per heavy atom. The number of amides is 3. The number of rotatable bonds is 8. The smallest absolute Gasteiger partial charge is 0.338 e. The van der Waals surface area contributed by atoms with Gasteiger partial charge < -0.3 is 19.8 Å². The van der Waals surface area contributed by atoms with Crippen LogP contribution in [0.15, 0.2) is 82.1 Å². The minimum atomic E-state index is -0.713. The van der Waals surface area contributed by atoms with Gasteiger partial charge in [-0.05, 0) is 61.5 Å². The number of carbonyl (C=O) groups excluding carboxylic acids is 4. The van der Waals surface area contributed by atoms with E-state index in [0.717, 1.165) is 4.90 Å². The normalized spacial score (nSPS) is 13.3. The number of benzene rings is 2. The molecule has 178 valence electrons. The lowest BCUT2D eigenvalue weighted by molar-refractivity contribution is -0.120. The van der Waals surface area contributed by atoms with Gasteiger partial charge in [-0.3, -0.25) is 14.4 Å². The van der Waals surface area contributed by atoms with E-state index in [9.17, 15) is 19.2 Å². The van der Waals surface area contributed by atoms with Crippen molar-refractivity contribution in [1.82, 2.24) is 5.32 Å². The van der Waals surface area contributed by atoms with Gasteiger partial charge in [0.25, 0.3) is 17.7 Å². The highest BCUT2D eigenvalue weighted by Gasteiger charge is 2.39. The van der Waals surface area contributed by atoms with E-state index in [2.05, 4.69) is 10.6 Å². The molecule has 4 rings (SSSR count). The van der Waals surface area contributed by atoms with Crippen molar-refractivity contribution in [2.24, 2.45) is 0 Å². The van der Waals surface area contributed by atoms with Gasteiger partial charge in [-0.15, -0.1) is 0 Å². The summed E-state index contributed by atoms with van der Waals surface area (Å²) in [7, 11) is 0. The molecule has 2 N–H and O–H groups in total. The number of ether oxygens (including phenoxy) is 1. The summed E-state index contributed by atoms with van der Waals surface area (Å²) in [4.78, 5) is 51.0. The van der Waals surface area contributed by atoms with E-state index in [0.29, 0.717) is 17.0 Å². The van der Waals surface area contributed by atoms with Crippen molar-refractivity contribution >= 4 is 46.7 Å². The van der Waals surface area contributed by atoms with E-state index < -0.39 is 17.8 Å². The van der Waals surface area contributed by atoms with Gasteiger partial charge in [0, 0.05) is 11.3 Å². The number of hydrogen-bond donors (Lipinski definition) is 2. The maximum absolute atomic E-state index is 13.0. The Bertz CT molecular complexity index is 1320. The van der Waals surface area contributed by atoms with Gasteiger partial charge in [0.15, 0.2) is 0 Å². The van der Waals surface area contributed by atoms with Gasteiger partial charge in [-0.2, -0.15) is 0 Å². The molecule has 0 atom stereocenters. The van der Waals surface area contributed by atoms with Crippen LogP contribution < -0.4 is 15.5 Å². The standard InChI is InChI=1S/C25H20ClN3O6/c1-2-34-25(33)15-8-10-18(11-9-15)29-23(31)20(26)21(24(29)32)28-17-6-3-5-16(13-17)22(30)27-14-19-7-4-12-35-19/h3-13,28H,2,14H2,1H3,(H,27,30). The summed E-state index contributed by atoms with van der Waals surface area (Å²) in [6, 6.07) is 15.7. The third-order valence-electron chi connectivity index (χ3n) is 5.06. The molecule has 0 spiro atoms. The van der Waals surface area contributed by atoms with E-state index in [4.69, 9.17) is 20.8 Å². The van der Waals surface area contributed by atoms with E-state index in [1.54, 1.807) is 37.3 Å². The second kappa shape index (κ2) is 10.3. The van der Waals surface area contributed by atoms with Crippen LogP contribution >= 0.6 is 11.6 Å². The Kier molecular flexibility index (Phi) is 6.98. The lowest BCUT2D eigenvalue weighted by Crippen LogP contribution is -2.32. The molecule has 0 unspecified atom stereocenters. The minimum Gasteiger partial charge on any atom is -0.467 e. The van der Waals surface area contributed by atoms with Gasteiger partial charge in [-0.1, -0.05) is 17.7 Å². The predicted octanol–water partition coefficient (Wildman–Crippen LogP) is 3.82. The second-order valence-corrected chi connectivity index (χ2v) is 7.75. The number of carbonyl (C=O) groups is 4. The molecule has 0 saturated carbocycles. The first-order valence-corrected chi connectivity index (χ1v) is 11.0. The van der Waals surface area contributed by atoms with Crippen LogP contribution in [-0.2, 0) is 20.9 Å². The molecule has 1 aliphatic rings. The van der Waals surface area contributed by atoms with Crippen LogP contribution in [0.1, 0.15) is 33.4 Å². The molecular formula is C25H20ClN3O6. The zero-order valence-electron chi connectivity index (χ0n) is 18.5. The number of halogens is 1. The molecule has 1 aliphatic heterocycles. The SMILES string of the molecule is CCOC(=O)c1ccc(N2C(=O)C(Cl)=C(Nc3cccc(C(=O)NCc4ccco4)c3)C2=O)cc1. The third kappa shape index (κ3) is 5.10. The van der Waals surface area contributed by atoms with Crippen LogP contribution in [0.5, 0.6) is 0 Å². The molecule has 9 nitrogen and oxygen atoms in total. The first-order chi connectivity index (χ1) is 16.9. The molecule has 3 amide bonds. The Hall–Kier alpha value is -4.37. The number of nitrogens with zero attached hydrogens (tertiary/aromatic N) is 1. The fourth-order valence-electron chi connectivity index (χ4n) is 3.37. The summed E-state index contributed by atoms with van der Waals surface area (Å²) >= 11 is 6.19. The molecule has 0 fully saturated rings. The number of nitrogens with one attached hydrogen (secondary N) is 2. The van der Waals surface area contributed by atoms with Crippen molar-refractivity contribution in [3.8, 4) is 0 Å². The molecule has 2 heterocycles. The number of imide groups is 1. The average molecular weight is 494 g/mol. The molecule has 1 aromatic heterocycles. The first kappa shape index (κ1) is 23.8. The maximum Gasteiger partial charge on any atom is 0.338 e. The molecule has 10 heteroatoms. The zero-order chi connectivity index (χ0) is 24.9. The quantitative estimate of drug-likeness (QED) is 0.361. The fraction of sp³-hybridized carbons (Fsp3) is 0.120. The van der Waals surface area contributed by atoms with Crippen LogP contribution in [0, 0.1) is 0 Å². The van der Waals surface area contributed by atoms with Crippen molar-refractivity contribution < 1.29 is 28.3 Å². The molecular weight excluding hydrogens is 474 g/mol. The van der Waals surface area contributed by atoms with Crippen LogP contribution in [-0.4, -0.2) is 30.3 Å². The Morgan fingerprint density at radius 2 is 1.77 bits per heavy atom. The Balaban J connectivity index is 1.47. The van der Waals surface area contributed by atoms with E-state index >= 15 is 0 Å². The minimum absolute atomic E-state index is 0.126. The summed E-state index contributed by atoms with van der Waals surface area (Å²) < 4.78 is 10.1. The van der Waals surface area contributed by atoms with Crippen LogP contribution in [0.3, 0.4) is 0 Å². The number of furan rings is 1. The van der Waals surface area contributed by atoms with Crippen molar-refractivity contribution in [3.63, 3.8) is 0 Å². The Labute approximate surface area is 205 Å². The summed E-state index contributed by atoms with van der Waals surface area (Å²) in [6.07, 6.45) is 1.52. The molecule has 0 bridgehead atoms. The molecule has 2 aromatic carbocycles. The summed E-state index contributed by atoms with van der Waals surface area (Å²) in [6.45, 7) is 2.14. The lowest BCUT2D eigenvalue weighted by atomic mass is 10.2. The van der Waals surface area contributed by atoms with E-state index in [1.807, 2.05) is 0 Å². The van der Waals surface area contributed by atoms with Gasteiger partial charge >= 0.3 is 5.97 Å². The van der Waals surface area contributed by atoms with Crippen molar-refractivity contribution in [3.05, 3.63) is 94.5 Å². The molecule has 35 heavy (non-hydrogen) atoms. The first-order valence-electron chi connectivity index (χ1n) is 10.6. The highest BCUT2D eigenvalue weighted by molar-refractivity contribution is 6.53. The highest BCUT2D eigenvalue weighted by Crippen LogP contribution is 2.30. The number of hydrogen-bond acceptors (Lipinski definition) is 7. The fourth-order valence-corrected chi connectivity index (χ4v) is 3.58. The molecule has 0 radical (unpaired) electrons. The lowest BCUT2D eigenvalue weighted by Gasteiger charge is -2.15. The molecule has 0 saturated heterocycles. The van der Waals surface area contributed by atoms with Crippen molar-refractivity contribution in [2.45, 2.75) is 13.5 Å². The number of esters is 1. The number of anilines is 2. The van der Waals surface area contributed by atoms with Gasteiger partial charge in [-0.25, -0.2) is 9.69 Å². The average Bonchev–Trinajstić information content (AvgIpc) is 3.46. The zero-order valence-corrected chi connectivity index (χ0v) is 19.3. The third-order valence-corrected chi connectivity index (χ3v) is 5.41. The van der Waals surface area contributed by atoms with Crippen LogP contribution in [0.25, 0.3) is 0 Å². The summed E-state index contributed by atoms with van der Waals surface area (Å²) in [5.41, 5.74) is 1.13. The van der Waals surface area contributed by atoms with Crippen LogP contribution in [0.2, 0.25) is 0 Å². The monoisotopic (exact) mass is 493 g/mol. The van der Waals surface area contributed by atoms with Gasteiger partial charge in [0.05, 0.1) is 30.7 Å². The predicted molar refractivity (Wildman–Crippen MR) is 128 cm³/mol. The van der Waals surface area contributed by atoms with Gasteiger partial charge in [0.2, 0.25) is 0 Å². The van der Waals surface area contributed by atoms with E-state index in [1.165, 1.54) is 36.6 Å². The second-order valence-electron chi connectivity index (χ2n) is 7.37. The molecule has 3 aromatic rings. The molecule has 0 aliphatic carbocycles. The van der Waals surface area contributed by atoms with Gasteiger partial charge in [0.1, 0.15) is 16.5 Å². The largest absolute Gasteiger partial charge is 0.467 e. The van der Waals surface area contributed by atoms with Crippen LogP contribution in [0.4, 0.5) is 11.4 Å². The maximum atomic E-state index is 13.0. The highest BCUT2D eigenvalue weighted by atomic mass is 35.5. The Morgan fingerprint density at radius 1 is 1.00 bits per heavy atom. The van der Waals surface area contributed by atoms with Crippen molar-refractivity contribution in [2.75, 3.05) is 16.8 Å². The topological polar surface area (TPSA) is 118 Å². The van der Waals surface area contributed by atoms with Crippen molar-refractivity contribution in [1.29, 1.82) is 0 Å². The summed E-state index contributed by atoms with van der Waals surface area (Å²) in [5, 5.41) is 5.29.